The van der Waals surface area contributed by atoms with Gasteiger partial charge in [-0.1, -0.05) is 17.7 Å². The summed E-state index contributed by atoms with van der Waals surface area (Å²) in [4.78, 5) is 27.5. The van der Waals surface area contributed by atoms with E-state index in [9.17, 15) is 9.59 Å². The van der Waals surface area contributed by atoms with Gasteiger partial charge in [0.1, 0.15) is 5.15 Å². The highest BCUT2D eigenvalue weighted by molar-refractivity contribution is 6.29. The Bertz CT molecular complexity index is 1100. The first-order valence-electron chi connectivity index (χ1n) is 8.44. The van der Waals surface area contributed by atoms with E-state index in [1.807, 2.05) is 6.07 Å². The molecule has 1 aliphatic heterocycles. The molecule has 0 fully saturated rings. The third-order valence-corrected chi connectivity index (χ3v) is 4.44. The Morgan fingerprint density at radius 2 is 1.82 bits per heavy atom. The number of hydrogen-bond acceptors (Lipinski definition) is 5. The average Bonchev–Trinajstić information content (AvgIpc) is 2.76. The number of carboxylic acids is 1. The van der Waals surface area contributed by atoms with Gasteiger partial charge in [0.05, 0.1) is 29.0 Å². The van der Waals surface area contributed by atoms with Crippen LogP contribution in [0.25, 0.3) is 0 Å². The van der Waals surface area contributed by atoms with Crippen molar-refractivity contribution in [2.75, 3.05) is 16.0 Å². The van der Waals surface area contributed by atoms with E-state index in [0.717, 1.165) is 11.4 Å². The second-order valence-electron chi connectivity index (χ2n) is 6.28. The van der Waals surface area contributed by atoms with Crippen molar-refractivity contribution in [2.45, 2.75) is 6.42 Å². The van der Waals surface area contributed by atoms with Gasteiger partial charge in [-0.15, -0.1) is 0 Å². The number of aliphatic carboxylic acids is 1. The van der Waals surface area contributed by atoms with E-state index in [0.29, 0.717) is 33.3 Å². The number of fused-ring (bicyclic) bond motifs is 2. The van der Waals surface area contributed by atoms with E-state index < -0.39 is 5.97 Å². The van der Waals surface area contributed by atoms with Crippen LogP contribution in [-0.2, 0) is 11.2 Å². The minimum absolute atomic E-state index is 0.112. The van der Waals surface area contributed by atoms with Crippen LogP contribution in [0.15, 0.2) is 54.7 Å². The van der Waals surface area contributed by atoms with Crippen molar-refractivity contribution in [3.05, 3.63) is 71.0 Å². The smallest absolute Gasteiger partial charge is 0.307 e. The molecule has 28 heavy (non-hydrogen) atoms. The number of anilines is 5. The normalized spacial score (nSPS) is 12.1. The van der Waals surface area contributed by atoms with Crippen molar-refractivity contribution in [2.24, 2.45) is 0 Å². The first-order valence-corrected chi connectivity index (χ1v) is 8.81. The molecule has 1 amide bonds. The lowest BCUT2D eigenvalue weighted by Gasteiger charge is -2.12. The number of carboxylic acid groups (broad SMARTS) is 1. The minimum Gasteiger partial charge on any atom is -0.481 e. The van der Waals surface area contributed by atoms with Gasteiger partial charge in [0.15, 0.2) is 0 Å². The minimum atomic E-state index is -0.928. The fourth-order valence-electron chi connectivity index (χ4n) is 2.99. The maximum absolute atomic E-state index is 12.6. The number of halogens is 1. The van der Waals surface area contributed by atoms with Gasteiger partial charge in [0.25, 0.3) is 5.91 Å². The van der Waals surface area contributed by atoms with Gasteiger partial charge in [-0.05, 0) is 48.0 Å². The quantitative estimate of drug-likeness (QED) is 0.488. The molecule has 8 heteroatoms. The highest BCUT2D eigenvalue weighted by Gasteiger charge is 2.20. The summed E-state index contributed by atoms with van der Waals surface area (Å²) in [6.45, 7) is 0. The van der Waals surface area contributed by atoms with Crippen molar-refractivity contribution in [1.82, 2.24) is 4.98 Å². The van der Waals surface area contributed by atoms with Crippen LogP contribution < -0.4 is 16.0 Å². The zero-order valence-corrected chi connectivity index (χ0v) is 15.2. The van der Waals surface area contributed by atoms with E-state index in [2.05, 4.69) is 20.9 Å². The predicted octanol–water partition coefficient (Wildman–Crippen LogP) is 4.42. The van der Waals surface area contributed by atoms with Gasteiger partial charge in [0.2, 0.25) is 0 Å². The van der Waals surface area contributed by atoms with E-state index in [1.165, 1.54) is 0 Å². The van der Waals surface area contributed by atoms with Crippen LogP contribution in [0.4, 0.5) is 28.4 Å². The molecule has 0 aliphatic carbocycles. The summed E-state index contributed by atoms with van der Waals surface area (Å²) in [5, 5.41) is 18.6. The Hall–Kier alpha value is -3.58. The third-order valence-electron chi connectivity index (χ3n) is 4.24. The first kappa shape index (κ1) is 17.8. The third kappa shape index (κ3) is 3.74. The Morgan fingerprint density at radius 1 is 1.00 bits per heavy atom. The van der Waals surface area contributed by atoms with Crippen LogP contribution in [0.2, 0.25) is 5.15 Å². The topological polar surface area (TPSA) is 103 Å². The Labute approximate surface area is 165 Å². The number of rotatable bonds is 4. The Kier molecular flexibility index (Phi) is 4.58. The summed E-state index contributed by atoms with van der Waals surface area (Å²) in [6, 6.07) is 14.0. The molecule has 0 saturated heterocycles. The van der Waals surface area contributed by atoms with Crippen LogP contribution in [0.3, 0.4) is 0 Å². The summed E-state index contributed by atoms with van der Waals surface area (Å²) >= 11 is 5.91. The van der Waals surface area contributed by atoms with E-state index in [4.69, 9.17) is 16.7 Å². The molecule has 1 aliphatic rings. The summed E-state index contributed by atoms with van der Waals surface area (Å²) in [7, 11) is 0. The number of amides is 1. The van der Waals surface area contributed by atoms with Gasteiger partial charge in [-0.3, -0.25) is 9.59 Å². The molecule has 3 aromatic rings. The number of hydrogen-bond donors (Lipinski definition) is 4. The number of nitrogens with one attached hydrogen (secondary N) is 3. The van der Waals surface area contributed by atoms with Gasteiger partial charge < -0.3 is 21.1 Å². The standard InChI is InChI=1S/C20H15ClN4O3/c21-18-10-13(5-6-22-18)23-12-2-3-14-16(9-12)24-15-4-1-11(8-19(26)27)7-17(15)25-20(14)28/h1-7,9-10,24H,8H2,(H,22,23)(H,25,28)(H,26,27). The van der Waals surface area contributed by atoms with Crippen molar-refractivity contribution >= 4 is 51.9 Å². The van der Waals surface area contributed by atoms with Crippen LogP contribution in [0.1, 0.15) is 15.9 Å². The molecular formula is C20H15ClN4O3. The maximum Gasteiger partial charge on any atom is 0.307 e. The summed E-state index contributed by atoms with van der Waals surface area (Å²) in [5.41, 5.74) is 4.49. The zero-order chi connectivity index (χ0) is 19.7. The maximum atomic E-state index is 12.6. The summed E-state index contributed by atoms with van der Waals surface area (Å²) < 4.78 is 0. The van der Waals surface area contributed by atoms with E-state index in [-0.39, 0.29) is 12.3 Å². The zero-order valence-electron chi connectivity index (χ0n) is 14.5. The molecule has 0 bridgehead atoms. The summed E-state index contributed by atoms with van der Waals surface area (Å²) in [6.07, 6.45) is 1.49. The number of aromatic nitrogens is 1. The molecule has 2 heterocycles. The van der Waals surface area contributed by atoms with Crippen LogP contribution >= 0.6 is 11.6 Å². The van der Waals surface area contributed by atoms with Crippen LogP contribution in [0, 0.1) is 0 Å². The van der Waals surface area contributed by atoms with Crippen molar-refractivity contribution < 1.29 is 14.7 Å². The predicted molar refractivity (Wildman–Crippen MR) is 108 cm³/mol. The molecule has 0 atom stereocenters. The molecule has 2 aromatic carbocycles. The first-order chi connectivity index (χ1) is 13.5. The van der Waals surface area contributed by atoms with Gasteiger partial charge in [-0.25, -0.2) is 4.98 Å². The molecule has 0 unspecified atom stereocenters. The van der Waals surface area contributed by atoms with Gasteiger partial charge >= 0.3 is 5.97 Å². The highest BCUT2D eigenvalue weighted by Crippen LogP contribution is 2.34. The number of benzene rings is 2. The molecule has 1 aromatic heterocycles. The number of carbonyl (C=O) groups excluding carboxylic acids is 1. The van der Waals surface area contributed by atoms with Gasteiger partial charge in [0, 0.05) is 17.6 Å². The molecule has 4 rings (SSSR count). The van der Waals surface area contributed by atoms with Crippen molar-refractivity contribution in [3.63, 3.8) is 0 Å². The molecule has 0 saturated carbocycles. The Balaban J connectivity index is 1.65. The highest BCUT2D eigenvalue weighted by atomic mass is 35.5. The molecule has 140 valence electrons. The largest absolute Gasteiger partial charge is 0.481 e. The van der Waals surface area contributed by atoms with Crippen molar-refractivity contribution in [3.8, 4) is 0 Å². The molecule has 7 nitrogen and oxygen atoms in total. The number of nitrogens with zero attached hydrogens (tertiary/aromatic N) is 1. The second-order valence-corrected chi connectivity index (χ2v) is 6.67. The van der Waals surface area contributed by atoms with E-state index in [1.54, 1.807) is 48.7 Å². The van der Waals surface area contributed by atoms with Crippen LogP contribution in [0.5, 0.6) is 0 Å². The molecular weight excluding hydrogens is 380 g/mol. The number of carbonyl (C=O) groups is 2. The van der Waals surface area contributed by atoms with E-state index >= 15 is 0 Å². The van der Waals surface area contributed by atoms with Crippen molar-refractivity contribution in [1.29, 1.82) is 0 Å². The lowest BCUT2D eigenvalue weighted by molar-refractivity contribution is -0.136. The fraction of sp³-hybridized carbons (Fsp3) is 0.0500. The SMILES string of the molecule is O=C(O)Cc1ccc2c(c1)NC(=O)c1ccc(Nc3ccnc(Cl)c3)cc1N2. The molecule has 0 spiro atoms. The lowest BCUT2D eigenvalue weighted by Crippen LogP contribution is -2.11. The monoisotopic (exact) mass is 394 g/mol. The average molecular weight is 395 g/mol. The lowest BCUT2D eigenvalue weighted by atomic mass is 10.1. The van der Waals surface area contributed by atoms with Crippen LogP contribution in [-0.4, -0.2) is 22.0 Å². The summed E-state index contributed by atoms with van der Waals surface area (Å²) in [5.74, 6) is -1.20. The second kappa shape index (κ2) is 7.21. The molecule has 0 radical (unpaired) electrons. The fourth-order valence-corrected chi connectivity index (χ4v) is 3.17. The van der Waals surface area contributed by atoms with Gasteiger partial charge in [-0.2, -0.15) is 0 Å². The molecule has 4 N–H and O–H groups in total. The number of pyridine rings is 1. The Morgan fingerprint density at radius 3 is 2.61 bits per heavy atom.